The Bertz CT molecular complexity index is 557. The zero-order chi connectivity index (χ0) is 17.0. The highest BCUT2D eigenvalue weighted by molar-refractivity contribution is 9.10. The Balaban J connectivity index is 1.88. The number of hydrogen-bond donors (Lipinski definition) is 1. The largest absolute Gasteiger partial charge is 0.496 e. The molecule has 0 saturated carbocycles. The van der Waals surface area contributed by atoms with Gasteiger partial charge in [0, 0.05) is 35.7 Å². The number of carbonyl (C=O) groups is 1. The summed E-state index contributed by atoms with van der Waals surface area (Å²) >= 11 is 3.50. The van der Waals surface area contributed by atoms with Gasteiger partial charge in [-0.2, -0.15) is 0 Å². The average molecular weight is 385 g/mol. The van der Waals surface area contributed by atoms with Crippen molar-refractivity contribution >= 4 is 22.0 Å². The normalized spacial score (nSPS) is 18.7. The van der Waals surface area contributed by atoms with Gasteiger partial charge in [0.25, 0.3) is 0 Å². The van der Waals surface area contributed by atoms with Gasteiger partial charge in [-0.1, -0.05) is 15.9 Å². The number of halogens is 1. The summed E-state index contributed by atoms with van der Waals surface area (Å²) in [6, 6.07) is 6.14. The van der Waals surface area contributed by atoms with Crippen LogP contribution in [0.25, 0.3) is 0 Å². The summed E-state index contributed by atoms with van der Waals surface area (Å²) in [7, 11) is 1.68. The smallest absolute Gasteiger partial charge is 0.407 e. The zero-order valence-corrected chi connectivity index (χ0v) is 15.8. The van der Waals surface area contributed by atoms with Gasteiger partial charge in [-0.3, -0.25) is 4.90 Å². The molecule has 0 spiro atoms. The number of amides is 1. The molecule has 5 nitrogen and oxygen atoms in total. The minimum Gasteiger partial charge on any atom is -0.496 e. The molecule has 1 saturated heterocycles. The number of rotatable bonds is 4. The maximum absolute atomic E-state index is 11.8. The van der Waals surface area contributed by atoms with Crippen LogP contribution in [0.2, 0.25) is 0 Å². The van der Waals surface area contributed by atoms with E-state index in [4.69, 9.17) is 9.47 Å². The first-order chi connectivity index (χ1) is 10.8. The minimum absolute atomic E-state index is 0.128. The lowest BCUT2D eigenvalue weighted by molar-refractivity contribution is 0.0505. The highest BCUT2D eigenvalue weighted by Crippen LogP contribution is 2.25. The van der Waals surface area contributed by atoms with Gasteiger partial charge in [-0.15, -0.1) is 0 Å². The van der Waals surface area contributed by atoms with Crippen molar-refractivity contribution in [2.75, 3.05) is 20.2 Å². The van der Waals surface area contributed by atoms with Gasteiger partial charge in [0.2, 0.25) is 0 Å². The monoisotopic (exact) mass is 384 g/mol. The van der Waals surface area contributed by atoms with Crippen LogP contribution in [0.15, 0.2) is 22.7 Å². The van der Waals surface area contributed by atoms with Crippen molar-refractivity contribution in [2.45, 2.75) is 45.4 Å². The lowest BCUT2D eigenvalue weighted by Gasteiger charge is -2.22. The van der Waals surface area contributed by atoms with E-state index in [1.807, 2.05) is 32.9 Å². The van der Waals surface area contributed by atoms with Gasteiger partial charge in [0.05, 0.1) is 7.11 Å². The van der Waals surface area contributed by atoms with Gasteiger partial charge < -0.3 is 14.8 Å². The van der Waals surface area contributed by atoms with E-state index in [1.54, 1.807) is 7.11 Å². The zero-order valence-electron chi connectivity index (χ0n) is 14.2. The molecule has 1 aromatic carbocycles. The van der Waals surface area contributed by atoms with E-state index >= 15 is 0 Å². The van der Waals surface area contributed by atoms with Crippen LogP contribution in [-0.2, 0) is 11.3 Å². The fourth-order valence-corrected chi connectivity index (χ4v) is 3.09. The van der Waals surface area contributed by atoms with Crippen LogP contribution in [0, 0.1) is 0 Å². The average Bonchev–Trinajstić information content (AvgIpc) is 2.84. The van der Waals surface area contributed by atoms with Crippen LogP contribution in [0.1, 0.15) is 32.8 Å². The predicted molar refractivity (Wildman–Crippen MR) is 93.7 cm³/mol. The molecule has 0 aromatic heterocycles. The molecule has 1 aromatic rings. The molecule has 128 valence electrons. The lowest BCUT2D eigenvalue weighted by atomic mass is 10.2. The van der Waals surface area contributed by atoms with Crippen LogP contribution in [0.4, 0.5) is 4.79 Å². The van der Waals surface area contributed by atoms with E-state index in [0.717, 1.165) is 41.8 Å². The second-order valence-corrected chi connectivity index (χ2v) is 7.74. The molecule has 6 heteroatoms. The summed E-state index contributed by atoms with van der Waals surface area (Å²) in [5, 5.41) is 2.95. The highest BCUT2D eigenvalue weighted by atomic mass is 79.9. The second-order valence-electron chi connectivity index (χ2n) is 6.82. The van der Waals surface area contributed by atoms with E-state index < -0.39 is 5.60 Å². The summed E-state index contributed by atoms with van der Waals surface area (Å²) in [4.78, 5) is 14.2. The van der Waals surface area contributed by atoms with Crippen molar-refractivity contribution in [3.8, 4) is 5.75 Å². The van der Waals surface area contributed by atoms with Gasteiger partial charge in [-0.05, 0) is 45.4 Å². The van der Waals surface area contributed by atoms with Crippen LogP contribution < -0.4 is 10.1 Å². The van der Waals surface area contributed by atoms with Crippen LogP contribution in [0.3, 0.4) is 0 Å². The van der Waals surface area contributed by atoms with E-state index in [2.05, 4.69) is 32.2 Å². The third kappa shape index (κ3) is 5.70. The van der Waals surface area contributed by atoms with Crippen molar-refractivity contribution in [3.63, 3.8) is 0 Å². The molecule has 0 unspecified atom stereocenters. The number of nitrogens with zero attached hydrogens (tertiary/aromatic N) is 1. The lowest BCUT2D eigenvalue weighted by Crippen LogP contribution is -2.40. The van der Waals surface area contributed by atoms with Crippen LogP contribution in [0.5, 0.6) is 5.75 Å². The number of benzene rings is 1. The Hall–Kier alpha value is -1.27. The molecule has 0 aliphatic carbocycles. The van der Waals surface area contributed by atoms with Crippen molar-refractivity contribution in [1.82, 2.24) is 10.2 Å². The van der Waals surface area contributed by atoms with Crippen molar-refractivity contribution in [1.29, 1.82) is 0 Å². The minimum atomic E-state index is -0.466. The summed E-state index contributed by atoms with van der Waals surface area (Å²) in [6.07, 6.45) is 0.583. The SMILES string of the molecule is COc1ccc(Br)cc1CN1CC[C@@H](NC(=O)OC(C)(C)C)C1. The topological polar surface area (TPSA) is 50.8 Å². The molecule has 2 rings (SSSR count). The summed E-state index contributed by atoms with van der Waals surface area (Å²) in [5.41, 5.74) is 0.672. The molecule has 1 aliphatic rings. The van der Waals surface area contributed by atoms with Crippen LogP contribution >= 0.6 is 15.9 Å². The van der Waals surface area contributed by atoms with Crippen molar-refractivity contribution in [3.05, 3.63) is 28.2 Å². The Morgan fingerprint density at radius 1 is 1.43 bits per heavy atom. The van der Waals surface area contributed by atoms with Gasteiger partial charge >= 0.3 is 6.09 Å². The Morgan fingerprint density at radius 3 is 2.83 bits per heavy atom. The fourth-order valence-electron chi connectivity index (χ4n) is 2.68. The first kappa shape index (κ1) is 18.1. The molecule has 1 N–H and O–H groups in total. The Morgan fingerprint density at radius 2 is 2.17 bits per heavy atom. The summed E-state index contributed by atoms with van der Waals surface area (Å²) in [6.45, 7) is 8.16. The van der Waals surface area contributed by atoms with Crippen LogP contribution in [-0.4, -0.2) is 42.8 Å². The summed E-state index contributed by atoms with van der Waals surface area (Å²) in [5.74, 6) is 0.886. The van der Waals surface area contributed by atoms with Gasteiger partial charge in [0.15, 0.2) is 0 Å². The molecule has 1 aliphatic heterocycles. The molecule has 23 heavy (non-hydrogen) atoms. The predicted octanol–water partition coefficient (Wildman–Crippen LogP) is 3.56. The van der Waals surface area contributed by atoms with Crippen molar-refractivity contribution in [2.24, 2.45) is 0 Å². The first-order valence-electron chi connectivity index (χ1n) is 7.81. The van der Waals surface area contributed by atoms with E-state index in [0.29, 0.717) is 0 Å². The molecule has 0 radical (unpaired) electrons. The molecular formula is C17H25BrN2O3. The number of carbonyl (C=O) groups excluding carboxylic acids is 1. The fraction of sp³-hybridized carbons (Fsp3) is 0.588. The number of nitrogens with one attached hydrogen (secondary N) is 1. The first-order valence-corrected chi connectivity index (χ1v) is 8.60. The van der Waals surface area contributed by atoms with E-state index in [9.17, 15) is 4.79 Å². The third-order valence-electron chi connectivity index (χ3n) is 3.63. The maximum Gasteiger partial charge on any atom is 0.407 e. The summed E-state index contributed by atoms with van der Waals surface area (Å²) < 4.78 is 11.8. The number of likely N-dealkylation sites (tertiary alicyclic amines) is 1. The second kappa shape index (κ2) is 7.53. The Labute approximate surface area is 146 Å². The number of methoxy groups -OCH3 is 1. The molecular weight excluding hydrogens is 360 g/mol. The molecule has 1 amide bonds. The van der Waals surface area contributed by atoms with E-state index in [1.165, 1.54) is 0 Å². The van der Waals surface area contributed by atoms with Crippen molar-refractivity contribution < 1.29 is 14.3 Å². The number of hydrogen-bond acceptors (Lipinski definition) is 4. The van der Waals surface area contributed by atoms with E-state index in [-0.39, 0.29) is 12.1 Å². The Kier molecular flexibility index (Phi) is 5.92. The maximum atomic E-state index is 11.8. The highest BCUT2D eigenvalue weighted by Gasteiger charge is 2.26. The molecule has 1 atom stereocenters. The van der Waals surface area contributed by atoms with Gasteiger partial charge in [0.1, 0.15) is 11.4 Å². The number of ether oxygens (including phenoxy) is 2. The number of alkyl carbamates (subject to hydrolysis) is 1. The quantitative estimate of drug-likeness (QED) is 0.861. The van der Waals surface area contributed by atoms with Gasteiger partial charge in [-0.25, -0.2) is 4.79 Å². The molecule has 1 fully saturated rings. The molecule has 1 heterocycles. The third-order valence-corrected chi connectivity index (χ3v) is 4.12. The standard InChI is InChI=1S/C17H25BrN2O3/c1-17(2,3)23-16(21)19-14-7-8-20(11-14)10-12-9-13(18)5-6-15(12)22-4/h5-6,9,14H,7-8,10-11H2,1-4H3,(H,19,21)/t14-/m1/s1. The molecule has 0 bridgehead atoms.